The van der Waals surface area contributed by atoms with Crippen LogP contribution >= 0.6 is 11.6 Å². The molecular formula is C15H11ClFN3O. The maximum atomic E-state index is 12.8. The fraction of sp³-hybridized carbons (Fsp3) is 0.0667. The minimum absolute atomic E-state index is 0.255. The highest BCUT2D eigenvalue weighted by atomic mass is 35.5. The van der Waals surface area contributed by atoms with Crippen molar-refractivity contribution in [3.63, 3.8) is 0 Å². The Labute approximate surface area is 125 Å². The second-order valence-electron chi connectivity index (χ2n) is 4.32. The lowest BCUT2D eigenvalue weighted by atomic mass is 10.3. The van der Waals surface area contributed by atoms with Crippen molar-refractivity contribution in [2.24, 2.45) is 0 Å². The molecule has 0 spiro atoms. The van der Waals surface area contributed by atoms with Gasteiger partial charge in [-0.05, 0) is 30.3 Å². The van der Waals surface area contributed by atoms with E-state index in [1.807, 2.05) is 4.57 Å². The maximum Gasteiger partial charge on any atom is 0.151 e. The summed E-state index contributed by atoms with van der Waals surface area (Å²) < 4.78 is 20.3. The van der Waals surface area contributed by atoms with Crippen LogP contribution in [-0.2, 0) is 6.61 Å². The molecule has 4 nitrogen and oxygen atoms in total. The Kier molecular flexibility index (Phi) is 3.83. The highest BCUT2D eigenvalue weighted by Crippen LogP contribution is 2.17. The van der Waals surface area contributed by atoms with Crippen LogP contribution < -0.4 is 4.74 Å². The molecule has 3 aromatic rings. The summed E-state index contributed by atoms with van der Waals surface area (Å²) >= 11 is 5.94. The van der Waals surface area contributed by atoms with Crippen molar-refractivity contribution in [1.82, 2.24) is 14.5 Å². The standard InChI is InChI=1S/C15H11ClFN3O/c16-11-7-13(9-18-8-11)20-6-5-19-15(20)10-21-14-3-1-12(17)2-4-14/h1-9H,10H2. The highest BCUT2D eigenvalue weighted by Gasteiger charge is 2.07. The van der Waals surface area contributed by atoms with Crippen LogP contribution in [0.4, 0.5) is 4.39 Å². The van der Waals surface area contributed by atoms with E-state index in [0.717, 1.165) is 5.69 Å². The molecular weight excluding hydrogens is 293 g/mol. The SMILES string of the molecule is Fc1ccc(OCc2nccn2-c2cncc(Cl)c2)cc1. The van der Waals surface area contributed by atoms with Crippen LogP contribution in [0.15, 0.2) is 55.1 Å². The fourth-order valence-corrected chi connectivity index (χ4v) is 2.06. The van der Waals surface area contributed by atoms with Crippen molar-refractivity contribution >= 4 is 11.6 Å². The molecule has 2 heterocycles. The molecule has 3 rings (SSSR count). The van der Waals surface area contributed by atoms with E-state index in [0.29, 0.717) is 16.6 Å². The van der Waals surface area contributed by atoms with Crippen LogP contribution in [0.3, 0.4) is 0 Å². The molecule has 0 fully saturated rings. The molecule has 0 N–H and O–H groups in total. The van der Waals surface area contributed by atoms with Gasteiger partial charge in [0.1, 0.15) is 18.2 Å². The smallest absolute Gasteiger partial charge is 0.151 e. The normalized spacial score (nSPS) is 10.6. The van der Waals surface area contributed by atoms with Gasteiger partial charge < -0.3 is 4.74 Å². The van der Waals surface area contributed by atoms with E-state index in [1.165, 1.54) is 12.1 Å². The summed E-state index contributed by atoms with van der Waals surface area (Å²) in [6.07, 6.45) is 6.73. The van der Waals surface area contributed by atoms with Gasteiger partial charge >= 0.3 is 0 Å². The Hall–Kier alpha value is -2.40. The van der Waals surface area contributed by atoms with Gasteiger partial charge in [-0.15, -0.1) is 0 Å². The molecule has 106 valence electrons. The third-order valence-corrected chi connectivity index (χ3v) is 3.07. The molecule has 0 radical (unpaired) electrons. The first-order valence-electron chi connectivity index (χ1n) is 6.24. The van der Waals surface area contributed by atoms with Gasteiger partial charge in [0.25, 0.3) is 0 Å². The Morgan fingerprint density at radius 1 is 1.19 bits per heavy atom. The van der Waals surface area contributed by atoms with Crippen LogP contribution in [0, 0.1) is 5.82 Å². The predicted octanol–water partition coefficient (Wildman–Crippen LogP) is 3.64. The second-order valence-corrected chi connectivity index (χ2v) is 4.75. The molecule has 0 saturated heterocycles. The molecule has 0 unspecified atom stereocenters. The van der Waals surface area contributed by atoms with Crippen molar-refractivity contribution in [2.45, 2.75) is 6.61 Å². The summed E-state index contributed by atoms with van der Waals surface area (Å²) in [7, 11) is 0. The number of halogens is 2. The summed E-state index contributed by atoms with van der Waals surface area (Å²) in [6, 6.07) is 7.64. The lowest BCUT2D eigenvalue weighted by Crippen LogP contribution is -2.05. The number of nitrogens with zero attached hydrogens (tertiary/aromatic N) is 3. The largest absolute Gasteiger partial charge is 0.486 e. The third-order valence-electron chi connectivity index (χ3n) is 2.87. The van der Waals surface area contributed by atoms with Gasteiger partial charge in [0.2, 0.25) is 0 Å². The van der Waals surface area contributed by atoms with Crippen LogP contribution in [0.1, 0.15) is 5.82 Å². The van der Waals surface area contributed by atoms with Crippen molar-refractivity contribution in [3.8, 4) is 11.4 Å². The topological polar surface area (TPSA) is 39.9 Å². The van der Waals surface area contributed by atoms with E-state index in [4.69, 9.17) is 16.3 Å². The van der Waals surface area contributed by atoms with Crippen LogP contribution in [0.25, 0.3) is 5.69 Å². The van der Waals surface area contributed by atoms with Crippen molar-refractivity contribution in [3.05, 3.63) is 71.8 Å². The monoisotopic (exact) mass is 303 g/mol. The number of hydrogen-bond acceptors (Lipinski definition) is 3. The van der Waals surface area contributed by atoms with Gasteiger partial charge in [-0.1, -0.05) is 11.6 Å². The van der Waals surface area contributed by atoms with E-state index in [-0.39, 0.29) is 12.4 Å². The summed E-state index contributed by atoms with van der Waals surface area (Å²) in [5.41, 5.74) is 0.803. The van der Waals surface area contributed by atoms with E-state index >= 15 is 0 Å². The molecule has 6 heteroatoms. The highest BCUT2D eigenvalue weighted by molar-refractivity contribution is 6.30. The number of aromatic nitrogens is 3. The average molecular weight is 304 g/mol. The molecule has 0 aliphatic carbocycles. The van der Waals surface area contributed by atoms with Crippen LogP contribution in [0.2, 0.25) is 5.02 Å². The van der Waals surface area contributed by atoms with Gasteiger partial charge in [0.15, 0.2) is 5.82 Å². The first kappa shape index (κ1) is 13.6. The third kappa shape index (κ3) is 3.20. The zero-order valence-electron chi connectivity index (χ0n) is 10.9. The minimum atomic E-state index is -0.297. The Balaban J connectivity index is 1.78. The zero-order valence-corrected chi connectivity index (χ0v) is 11.7. The second kappa shape index (κ2) is 5.93. The summed E-state index contributed by atoms with van der Waals surface area (Å²) in [6.45, 7) is 0.255. The van der Waals surface area contributed by atoms with E-state index in [1.54, 1.807) is 43.0 Å². The maximum absolute atomic E-state index is 12.8. The Morgan fingerprint density at radius 3 is 2.76 bits per heavy atom. The predicted molar refractivity (Wildman–Crippen MR) is 77.1 cm³/mol. The average Bonchev–Trinajstić information content (AvgIpc) is 2.95. The van der Waals surface area contributed by atoms with Crippen molar-refractivity contribution in [1.29, 1.82) is 0 Å². The number of pyridine rings is 1. The first-order chi connectivity index (χ1) is 10.2. The van der Waals surface area contributed by atoms with E-state index < -0.39 is 0 Å². The number of rotatable bonds is 4. The molecule has 2 aromatic heterocycles. The number of imidazole rings is 1. The van der Waals surface area contributed by atoms with Crippen LogP contribution in [-0.4, -0.2) is 14.5 Å². The molecule has 0 aliphatic rings. The molecule has 0 saturated carbocycles. The molecule has 0 atom stereocenters. The summed E-state index contributed by atoms with van der Waals surface area (Å²) in [4.78, 5) is 8.29. The first-order valence-corrected chi connectivity index (χ1v) is 6.62. The van der Waals surface area contributed by atoms with E-state index in [9.17, 15) is 4.39 Å². The van der Waals surface area contributed by atoms with Gasteiger partial charge in [-0.3, -0.25) is 9.55 Å². The van der Waals surface area contributed by atoms with Crippen LogP contribution in [0.5, 0.6) is 5.75 Å². The number of hydrogen-bond donors (Lipinski definition) is 0. The zero-order chi connectivity index (χ0) is 14.7. The Bertz CT molecular complexity index is 743. The summed E-state index contributed by atoms with van der Waals surface area (Å²) in [5, 5.41) is 0.548. The Morgan fingerprint density at radius 2 is 2.00 bits per heavy atom. The van der Waals surface area contributed by atoms with Crippen molar-refractivity contribution < 1.29 is 9.13 Å². The summed E-state index contributed by atoms with van der Waals surface area (Å²) in [5.74, 6) is 0.979. The molecule has 1 aromatic carbocycles. The molecule has 0 amide bonds. The fourth-order valence-electron chi connectivity index (χ4n) is 1.89. The number of ether oxygens (including phenoxy) is 1. The minimum Gasteiger partial charge on any atom is -0.486 e. The molecule has 0 bridgehead atoms. The lowest BCUT2D eigenvalue weighted by molar-refractivity contribution is 0.293. The molecule has 21 heavy (non-hydrogen) atoms. The lowest BCUT2D eigenvalue weighted by Gasteiger charge is -2.09. The van der Waals surface area contributed by atoms with E-state index in [2.05, 4.69) is 9.97 Å². The van der Waals surface area contributed by atoms with Crippen molar-refractivity contribution in [2.75, 3.05) is 0 Å². The van der Waals surface area contributed by atoms with Gasteiger partial charge in [0, 0.05) is 18.6 Å². The van der Waals surface area contributed by atoms with Gasteiger partial charge in [0.05, 0.1) is 16.9 Å². The molecule has 0 aliphatic heterocycles. The van der Waals surface area contributed by atoms with Gasteiger partial charge in [-0.25, -0.2) is 9.37 Å². The van der Waals surface area contributed by atoms with Gasteiger partial charge in [-0.2, -0.15) is 0 Å². The quantitative estimate of drug-likeness (QED) is 0.739. The number of benzene rings is 1.